The largest absolute Gasteiger partial charge is 0.361 e. The molecule has 84 valence electrons. The lowest BCUT2D eigenvalue weighted by atomic mass is 10.1. The Hall–Kier alpha value is -1.16. The predicted molar refractivity (Wildman–Crippen MR) is 66.0 cm³/mol. The lowest BCUT2D eigenvalue weighted by Gasteiger charge is -1.97. The SMILES string of the molecule is CC(C)Cc1cc(-c2cccc(Br)n2)no1. The molecule has 0 aromatic carbocycles. The van der Waals surface area contributed by atoms with E-state index in [1.165, 1.54) is 0 Å². The molecule has 3 nitrogen and oxygen atoms in total. The third-order valence-electron chi connectivity index (χ3n) is 2.15. The summed E-state index contributed by atoms with van der Waals surface area (Å²) in [5.41, 5.74) is 1.62. The number of hydrogen-bond acceptors (Lipinski definition) is 3. The first-order chi connectivity index (χ1) is 7.65. The summed E-state index contributed by atoms with van der Waals surface area (Å²) in [6.07, 6.45) is 0.904. The van der Waals surface area contributed by atoms with Crippen molar-refractivity contribution < 1.29 is 4.52 Å². The molecule has 2 aromatic heterocycles. The van der Waals surface area contributed by atoms with Crippen LogP contribution in [0.4, 0.5) is 0 Å². The first-order valence-electron chi connectivity index (χ1n) is 5.23. The highest BCUT2D eigenvalue weighted by Gasteiger charge is 2.09. The summed E-state index contributed by atoms with van der Waals surface area (Å²) < 4.78 is 6.07. The minimum absolute atomic E-state index is 0.566. The van der Waals surface area contributed by atoms with Crippen LogP contribution in [0.25, 0.3) is 11.4 Å². The van der Waals surface area contributed by atoms with Crippen LogP contribution in [-0.4, -0.2) is 10.1 Å². The van der Waals surface area contributed by atoms with Crippen molar-refractivity contribution in [3.8, 4) is 11.4 Å². The first kappa shape index (κ1) is 11.3. The predicted octanol–water partition coefficient (Wildman–Crippen LogP) is 3.70. The van der Waals surface area contributed by atoms with Gasteiger partial charge in [-0.25, -0.2) is 4.98 Å². The van der Waals surface area contributed by atoms with Gasteiger partial charge >= 0.3 is 0 Å². The summed E-state index contributed by atoms with van der Waals surface area (Å²) >= 11 is 3.34. The Morgan fingerprint density at radius 1 is 1.31 bits per heavy atom. The van der Waals surface area contributed by atoms with Crippen molar-refractivity contribution in [2.75, 3.05) is 0 Å². The van der Waals surface area contributed by atoms with Gasteiger partial charge in [0.25, 0.3) is 0 Å². The molecule has 0 atom stereocenters. The van der Waals surface area contributed by atoms with Gasteiger partial charge < -0.3 is 4.52 Å². The number of halogens is 1. The van der Waals surface area contributed by atoms with E-state index < -0.39 is 0 Å². The highest BCUT2D eigenvalue weighted by atomic mass is 79.9. The van der Waals surface area contributed by atoms with Gasteiger partial charge in [0, 0.05) is 12.5 Å². The molecule has 16 heavy (non-hydrogen) atoms. The molecule has 0 fully saturated rings. The molecule has 0 radical (unpaired) electrons. The van der Waals surface area contributed by atoms with Crippen molar-refractivity contribution in [2.45, 2.75) is 20.3 Å². The Morgan fingerprint density at radius 3 is 2.81 bits per heavy atom. The fourth-order valence-corrected chi connectivity index (χ4v) is 1.83. The van der Waals surface area contributed by atoms with Crippen molar-refractivity contribution >= 4 is 15.9 Å². The highest BCUT2D eigenvalue weighted by molar-refractivity contribution is 9.10. The normalized spacial score (nSPS) is 11.0. The van der Waals surface area contributed by atoms with Gasteiger partial charge in [-0.2, -0.15) is 0 Å². The summed E-state index contributed by atoms with van der Waals surface area (Å²) in [4.78, 5) is 4.33. The highest BCUT2D eigenvalue weighted by Crippen LogP contribution is 2.20. The van der Waals surface area contributed by atoms with Crippen LogP contribution >= 0.6 is 15.9 Å². The second-order valence-corrected chi connectivity index (χ2v) is 4.93. The maximum Gasteiger partial charge on any atom is 0.137 e. The number of nitrogens with zero attached hydrogens (tertiary/aromatic N) is 2. The maximum absolute atomic E-state index is 5.26. The third kappa shape index (κ3) is 2.70. The van der Waals surface area contributed by atoms with Gasteiger partial charge in [0.15, 0.2) is 0 Å². The number of hydrogen-bond donors (Lipinski definition) is 0. The standard InChI is InChI=1S/C12H13BrN2O/c1-8(2)6-9-7-11(15-16-9)10-4-3-5-12(13)14-10/h3-5,7-8H,6H2,1-2H3. The van der Waals surface area contributed by atoms with Crippen LogP contribution in [0.15, 0.2) is 33.4 Å². The van der Waals surface area contributed by atoms with Crippen LogP contribution in [0.2, 0.25) is 0 Å². The molecule has 0 saturated carbocycles. The Balaban J connectivity index is 2.24. The second-order valence-electron chi connectivity index (χ2n) is 4.12. The average molecular weight is 281 g/mol. The molecule has 0 aliphatic heterocycles. The van der Waals surface area contributed by atoms with E-state index in [9.17, 15) is 0 Å². The van der Waals surface area contributed by atoms with E-state index in [2.05, 4.69) is 39.9 Å². The van der Waals surface area contributed by atoms with Crippen molar-refractivity contribution in [3.63, 3.8) is 0 Å². The molecule has 0 aliphatic carbocycles. The van der Waals surface area contributed by atoms with Gasteiger partial charge in [-0.15, -0.1) is 0 Å². The molecule has 2 heterocycles. The van der Waals surface area contributed by atoms with Gasteiger partial charge in [0.1, 0.15) is 16.1 Å². The molecule has 2 rings (SSSR count). The van der Waals surface area contributed by atoms with E-state index in [1.807, 2.05) is 24.3 Å². The van der Waals surface area contributed by atoms with Crippen molar-refractivity contribution in [2.24, 2.45) is 5.92 Å². The number of rotatable bonds is 3. The molecule has 4 heteroatoms. The topological polar surface area (TPSA) is 38.9 Å². The minimum atomic E-state index is 0.566. The van der Waals surface area contributed by atoms with Crippen molar-refractivity contribution in [3.05, 3.63) is 34.6 Å². The molecule has 0 bridgehead atoms. The molecular weight excluding hydrogens is 268 g/mol. The summed E-state index contributed by atoms with van der Waals surface area (Å²) in [6, 6.07) is 7.69. The first-order valence-corrected chi connectivity index (χ1v) is 6.03. The zero-order valence-corrected chi connectivity index (χ0v) is 10.9. The van der Waals surface area contributed by atoms with E-state index in [1.54, 1.807) is 0 Å². The van der Waals surface area contributed by atoms with Crippen molar-refractivity contribution in [1.29, 1.82) is 0 Å². The van der Waals surface area contributed by atoms with Crippen LogP contribution in [-0.2, 0) is 6.42 Å². The van der Waals surface area contributed by atoms with Gasteiger partial charge in [-0.05, 0) is 34.0 Å². The van der Waals surface area contributed by atoms with E-state index in [-0.39, 0.29) is 0 Å². The fraction of sp³-hybridized carbons (Fsp3) is 0.333. The summed E-state index contributed by atoms with van der Waals surface area (Å²) in [5.74, 6) is 1.48. The Labute approximate surface area is 103 Å². The van der Waals surface area contributed by atoms with E-state index in [0.717, 1.165) is 28.2 Å². The molecule has 0 spiro atoms. The fourth-order valence-electron chi connectivity index (χ4n) is 1.48. The van der Waals surface area contributed by atoms with Crippen LogP contribution in [0, 0.1) is 5.92 Å². The quantitative estimate of drug-likeness (QED) is 0.805. The molecule has 2 aromatic rings. The van der Waals surface area contributed by atoms with Crippen LogP contribution < -0.4 is 0 Å². The van der Waals surface area contributed by atoms with Crippen molar-refractivity contribution in [1.82, 2.24) is 10.1 Å². The van der Waals surface area contributed by atoms with Crippen LogP contribution in [0.5, 0.6) is 0 Å². The molecule has 0 amide bonds. The zero-order chi connectivity index (χ0) is 11.5. The van der Waals surface area contributed by atoms with Crippen LogP contribution in [0.3, 0.4) is 0 Å². The van der Waals surface area contributed by atoms with E-state index in [0.29, 0.717) is 5.92 Å². The molecule has 0 aliphatic rings. The molecule has 0 unspecified atom stereocenters. The lowest BCUT2D eigenvalue weighted by molar-refractivity contribution is 0.370. The number of pyridine rings is 1. The Kier molecular flexibility index (Phi) is 3.39. The monoisotopic (exact) mass is 280 g/mol. The summed E-state index contributed by atoms with van der Waals surface area (Å²) in [6.45, 7) is 4.30. The van der Waals surface area contributed by atoms with Gasteiger partial charge in [0.2, 0.25) is 0 Å². The van der Waals surface area contributed by atoms with E-state index >= 15 is 0 Å². The van der Waals surface area contributed by atoms with E-state index in [4.69, 9.17) is 4.52 Å². The maximum atomic E-state index is 5.26. The smallest absolute Gasteiger partial charge is 0.137 e. The number of aromatic nitrogens is 2. The van der Waals surface area contributed by atoms with Gasteiger partial charge in [-0.1, -0.05) is 25.1 Å². The summed E-state index contributed by atoms with van der Waals surface area (Å²) in [7, 11) is 0. The molecular formula is C12H13BrN2O. The Morgan fingerprint density at radius 2 is 2.12 bits per heavy atom. The lowest BCUT2D eigenvalue weighted by Crippen LogP contribution is -1.91. The van der Waals surface area contributed by atoms with Gasteiger partial charge in [-0.3, -0.25) is 0 Å². The van der Waals surface area contributed by atoms with Gasteiger partial charge in [0.05, 0.1) is 5.69 Å². The minimum Gasteiger partial charge on any atom is -0.361 e. The zero-order valence-electron chi connectivity index (χ0n) is 9.27. The second kappa shape index (κ2) is 4.78. The Bertz CT molecular complexity index is 479. The molecule has 0 N–H and O–H groups in total. The van der Waals surface area contributed by atoms with Crippen LogP contribution in [0.1, 0.15) is 19.6 Å². The molecule has 0 saturated heterocycles. The third-order valence-corrected chi connectivity index (χ3v) is 2.59. The average Bonchev–Trinajstić information content (AvgIpc) is 2.65. The summed E-state index contributed by atoms with van der Waals surface area (Å²) in [5, 5.41) is 4.02.